The van der Waals surface area contributed by atoms with E-state index in [1.54, 1.807) is 29.0 Å². The molecule has 1 saturated heterocycles. The van der Waals surface area contributed by atoms with Crippen molar-refractivity contribution in [3.8, 4) is 11.4 Å². The lowest BCUT2D eigenvalue weighted by atomic mass is 9.91. The highest BCUT2D eigenvalue weighted by molar-refractivity contribution is 5.92. The van der Waals surface area contributed by atoms with Crippen LogP contribution in [0.2, 0.25) is 0 Å². The van der Waals surface area contributed by atoms with E-state index in [2.05, 4.69) is 12.0 Å². The lowest BCUT2D eigenvalue weighted by Crippen LogP contribution is -2.49. The van der Waals surface area contributed by atoms with E-state index in [-0.39, 0.29) is 18.6 Å². The summed E-state index contributed by atoms with van der Waals surface area (Å²) in [6.07, 6.45) is 3.76. The van der Waals surface area contributed by atoms with E-state index in [0.717, 1.165) is 24.1 Å². The van der Waals surface area contributed by atoms with Crippen molar-refractivity contribution < 1.29 is 14.6 Å². The number of aliphatic hydroxyl groups is 1. The third-order valence-electron chi connectivity index (χ3n) is 4.95. The van der Waals surface area contributed by atoms with Gasteiger partial charge in [0, 0.05) is 12.7 Å². The average molecular weight is 343 g/mol. The fraction of sp³-hybridized carbons (Fsp3) is 0.474. The number of likely N-dealkylation sites (tertiary alicyclic amines) is 1. The van der Waals surface area contributed by atoms with Gasteiger partial charge in [-0.1, -0.05) is 13.0 Å². The first-order valence-electron chi connectivity index (χ1n) is 8.67. The number of hydrogen-bond acceptors (Lipinski definition) is 4. The first-order chi connectivity index (χ1) is 12.0. The summed E-state index contributed by atoms with van der Waals surface area (Å²) in [4.78, 5) is 14.6. The van der Waals surface area contributed by atoms with E-state index in [1.807, 2.05) is 25.1 Å². The molecule has 1 aliphatic rings. The minimum Gasteiger partial charge on any atom is -0.494 e. The van der Waals surface area contributed by atoms with Crippen LogP contribution < -0.4 is 4.74 Å². The first kappa shape index (κ1) is 17.5. The Morgan fingerprint density at radius 3 is 2.92 bits per heavy atom. The predicted octanol–water partition coefficient (Wildman–Crippen LogP) is 2.42. The summed E-state index contributed by atoms with van der Waals surface area (Å²) < 4.78 is 7.07. The number of hydrogen-bond donors (Lipinski definition) is 1. The number of nitrogens with zero attached hydrogens (tertiary/aromatic N) is 3. The van der Waals surface area contributed by atoms with Gasteiger partial charge in [0.2, 0.25) is 0 Å². The van der Waals surface area contributed by atoms with Crippen LogP contribution >= 0.6 is 0 Å². The second-order valence-electron chi connectivity index (χ2n) is 6.69. The van der Waals surface area contributed by atoms with Crippen molar-refractivity contribution in [3.63, 3.8) is 0 Å². The van der Waals surface area contributed by atoms with E-state index in [0.29, 0.717) is 23.9 Å². The number of methoxy groups -OCH3 is 1. The maximum Gasteiger partial charge on any atom is 0.274 e. The van der Waals surface area contributed by atoms with Crippen LogP contribution in [0.1, 0.15) is 35.8 Å². The molecule has 2 atom stereocenters. The summed E-state index contributed by atoms with van der Waals surface area (Å²) in [6, 6.07) is 7.41. The maximum absolute atomic E-state index is 12.9. The summed E-state index contributed by atoms with van der Waals surface area (Å²) in [5, 5.41) is 14.1. The zero-order valence-electron chi connectivity index (χ0n) is 15.0. The van der Waals surface area contributed by atoms with Gasteiger partial charge in [0.05, 0.1) is 19.8 Å². The van der Waals surface area contributed by atoms with E-state index >= 15 is 0 Å². The van der Waals surface area contributed by atoms with Gasteiger partial charge in [-0.05, 0) is 49.4 Å². The molecule has 1 N–H and O–H groups in total. The SMILES string of the molecule is COc1ccc(C)cc1-n1ccc(C(=O)N2CCCC(C)C2CO)n1. The van der Waals surface area contributed by atoms with Crippen molar-refractivity contribution in [1.29, 1.82) is 0 Å². The topological polar surface area (TPSA) is 67.6 Å². The number of carbonyl (C=O) groups excluding carboxylic acids is 1. The standard InChI is InChI=1S/C19H25N3O3/c1-13-6-7-18(25-3)16(11-13)22-10-8-15(20-22)19(24)21-9-4-5-14(2)17(21)12-23/h6-8,10-11,14,17,23H,4-5,9,12H2,1-3H3. The Morgan fingerprint density at radius 1 is 1.40 bits per heavy atom. The summed E-state index contributed by atoms with van der Waals surface area (Å²) in [6.45, 7) is 4.73. The van der Waals surface area contributed by atoms with E-state index in [9.17, 15) is 9.90 Å². The van der Waals surface area contributed by atoms with Crippen LogP contribution in [-0.4, -0.2) is 52.0 Å². The van der Waals surface area contributed by atoms with Crippen molar-refractivity contribution in [2.24, 2.45) is 5.92 Å². The van der Waals surface area contributed by atoms with Crippen LogP contribution in [0, 0.1) is 12.8 Å². The lowest BCUT2D eigenvalue weighted by molar-refractivity contribution is 0.0353. The number of benzene rings is 1. The molecule has 3 rings (SSSR count). The summed E-state index contributed by atoms with van der Waals surface area (Å²) >= 11 is 0. The predicted molar refractivity (Wildman–Crippen MR) is 95.2 cm³/mol. The molecule has 1 aromatic carbocycles. The Bertz CT molecular complexity index is 756. The molecule has 25 heavy (non-hydrogen) atoms. The maximum atomic E-state index is 12.9. The van der Waals surface area contributed by atoms with Gasteiger partial charge in [-0.2, -0.15) is 5.10 Å². The van der Waals surface area contributed by atoms with Crippen molar-refractivity contribution in [2.45, 2.75) is 32.7 Å². The molecule has 0 saturated carbocycles. The highest BCUT2D eigenvalue weighted by Gasteiger charge is 2.32. The fourth-order valence-corrected chi connectivity index (χ4v) is 3.48. The third-order valence-corrected chi connectivity index (χ3v) is 4.95. The molecular weight excluding hydrogens is 318 g/mol. The molecule has 2 heterocycles. The fourth-order valence-electron chi connectivity index (χ4n) is 3.48. The molecule has 1 aliphatic heterocycles. The second kappa shape index (κ2) is 7.27. The number of aromatic nitrogens is 2. The minimum absolute atomic E-state index is 0.0146. The second-order valence-corrected chi connectivity index (χ2v) is 6.69. The Hall–Kier alpha value is -2.34. The van der Waals surface area contributed by atoms with Gasteiger partial charge in [0.25, 0.3) is 5.91 Å². The number of rotatable bonds is 4. The van der Waals surface area contributed by atoms with Gasteiger partial charge < -0.3 is 14.7 Å². The highest BCUT2D eigenvalue weighted by Crippen LogP contribution is 2.26. The van der Waals surface area contributed by atoms with Gasteiger partial charge in [0.15, 0.2) is 5.69 Å². The molecule has 0 bridgehead atoms. The summed E-state index contributed by atoms with van der Waals surface area (Å²) in [7, 11) is 1.62. The van der Waals surface area contributed by atoms with E-state index < -0.39 is 0 Å². The zero-order valence-corrected chi connectivity index (χ0v) is 15.0. The van der Waals surface area contributed by atoms with Gasteiger partial charge >= 0.3 is 0 Å². The first-order valence-corrected chi connectivity index (χ1v) is 8.67. The summed E-state index contributed by atoms with van der Waals surface area (Å²) in [5.41, 5.74) is 2.27. The molecule has 1 fully saturated rings. The molecule has 0 spiro atoms. The van der Waals surface area contributed by atoms with Crippen molar-refractivity contribution in [1.82, 2.24) is 14.7 Å². The molecule has 6 heteroatoms. The smallest absolute Gasteiger partial charge is 0.274 e. The Balaban J connectivity index is 1.88. The van der Waals surface area contributed by atoms with Crippen LogP contribution in [0.3, 0.4) is 0 Å². The van der Waals surface area contributed by atoms with Crippen LogP contribution in [0.25, 0.3) is 5.69 Å². The third kappa shape index (κ3) is 3.39. The molecule has 0 radical (unpaired) electrons. The van der Waals surface area contributed by atoms with E-state index in [4.69, 9.17) is 4.74 Å². The molecule has 0 aliphatic carbocycles. The highest BCUT2D eigenvalue weighted by atomic mass is 16.5. The summed E-state index contributed by atoms with van der Waals surface area (Å²) in [5.74, 6) is 0.866. The zero-order chi connectivity index (χ0) is 18.0. The quantitative estimate of drug-likeness (QED) is 0.926. The molecule has 6 nitrogen and oxygen atoms in total. The molecule has 1 amide bonds. The molecule has 1 aromatic heterocycles. The van der Waals surface area contributed by atoms with Crippen LogP contribution in [0.5, 0.6) is 5.75 Å². The Morgan fingerprint density at radius 2 is 2.20 bits per heavy atom. The number of carbonyl (C=O) groups is 1. The molecular formula is C19H25N3O3. The number of piperidine rings is 1. The van der Waals surface area contributed by atoms with Crippen molar-refractivity contribution in [2.75, 3.05) is 20.3 Å². The number of amides is 1. The van der Waals surface area contributed by atoms with Crippen LogP contribution in [0.4, 0.5) is 0 Å². The van der Waals surface area contributed by atoms with Gasteiger partial charge in [-0.15, -0.1) is 0 Å². The molecule has 2 unspecified atom stereocenters. The lowest BCUT2D eigenvalue weighted by Gasteiger charge is -2.38. The van der Waals surface area contributed by atoms with Gasteiger partial charge in [-0.3, -0.25) is 4.79 Å². The normalized spacial score (nSPS) is 20.6. The largest absolute Gasteiger partial charge is 0.494 e. The van der Waals surface area contributed by atoms with Crippen molar-refractivity contribution >= 4 is 5.91 Å². The van der Waals surface area contributed by atoms with Crippen LogP contribution in [-0.2, 0) is 0 Å². The molecule has 134 valence electrons. The average Bonchev–Trinajstić information content (AvgIpc) is 3.10. The van der Waals surface area contributed by atoms with E-state index in [1.165, 1.54) is 0 Å². The Kier molecular flexibility index (Phi) is 5.08. The number of ether oxygens (including phenoxy) is 1. The monoisotopic (exact) mass is 343 g/mol. The van der Waals surface area contributed by atoms with Gasteiger partial charge in [-0.25, -0.2) is 4.68 Å². The van der Waals surface area contributed by atoms with Crippen molar-refractivity contribution in [3.05, 3.63) is 41.7 Å². The van der Waals surface area contributed by atoms with Gasteiger partial charge in [0.1, 0.15) is 11.4 Å². The minimum atomic E-state index is -0.139. The van der Waals surface area contributed by atoms with Crippen LogP contribution in [0.15, 0.2) is 30.5 Å². The molecule has 2 aromatic rings. The number of aryl methyl sites for hydroxylation is 1. The Labute approximate surface area is 148 Å². The number of aliphatic hydroxyl groups excluding tert-OH is 1.